The molecular weight excluding hydrogens is 268 g/mol. The molecular formula is C16H30N2O3. The zero-order valence-corrected chi connectivity index (χ0v) is 13.7. The van der Waals surface area contributed by atoms with Crippen molar-refractivity contribution in [3.63, 3.8) is 0 Å². The fourth-order valence-electron chi connectivity index (χ4n) is 3.10. The van der Waals surface area contributed by atoms with E-state index in [1.165, 1.54) is 19.3 Å². The summed E-state index contributed by atoms with van der Waals surface area (Å²) >= 11 is 0. The topological polar surface area (TPSA) is 69.6 Å². The van der Waals surface area contributed by atoms with Gasteiger partial charge in [-0.15, -0.1) is 0 Å². The first-order valence-corrected chi connectivity index (χ1v) is 8.23. The Morgan fingerprint density at radius 2 is 1.95 bits per heavy atom. The largest absolute Gasteiger partial charge is 0.480 e. The van der Waals surface area contributed by atoms with Crippen molar-refractivity contribution in [2.24, 2.45) is 5.92 Å². The summed E-state index contributed by atoms with van der Waals surface area (Å²) in [4.78, 5) is 25.5. The number of rotatable bonds is 6. The number of hydrogen-bond acceptors (Lipinski definition) is 2. The maximum Gasteiger partial charge on any atom is 0.329 e. The minimum Gasteiger partial charge on any atom is -0.480 e. The first-order valence-electron chi connectivity index (χ1n) is 8.23. The van der Waals surface area contributed by atoms with Crippen LogP contribution in [0.3, 0.4) is 0 Å². The van der Waals surface area contributed by atoms with Gasteiger partial charge in [-0.2, -0.15) is 0 Å². The number of carboxylic acids is 1. The molecule has 5 nitrogen and oxygen atoms in total. The van der Waals surface area contributed by atoms with Crippen LogP contribution in [0.4, 0.5) is 4.79 Å². The number of aliphatic carboxylic acids is 1. The standard InChI is InChI=1S/C16H30N2O3/c1-4-7-13-8-6-11-18(12-9-13)15(21)17-16(3,10-5-2)14(19)20/h13H,4-12H2,1-3H3,(H,17,21)(H,19,20). The number of hydrogen-bond donors (Lipinski definition) is 2. The predicted molar refractivity (Wildman–Crippen MR) is 83.3 cm³/mol. The highest BCUT2D eigenvalue weighted by molar-refractivity contribution is 5.85. The molecule has 1 saturated heterocycles. The second-order valence-corrected chi connectivity index (χ2v) is 6.39. The van der Waals surface area contributed by atoms with E-state index in [2.05, 4.69) is 12.2 Å². The lowest BCUT2D eigenvalue weighted by Crippen LogP contribution is -2.56. The van der Waals surface area contributed by atoms with Gasteiger partial charge in [0.1, 0.15) is 5.54 Å². The number of likely N-dealkylation sites (tertiary alicyclic amines) is 1. The molecule has 0 spiro atoms. The molecule has 0 radical (unpaired) electrons. The molecule has 5 heteroatoms. The Kier molecular flexibility index (Phi) is 6.99. The average Bonchev–Trinajstić information content (AvgIpc) is 2.65. The van der Waals surface area contributed by atoms with Crippen molar-refractivity contribution in [3.05, 3.63) is 0 Å². The summed E-state index contributed by atoms with van der Waals surface area (Å²) in [5.41, 5.74) is -1.17. The first-order chi connectivity index (χ1) is 9.92. The summed E-state index contributed by atoms with van der Waals surface area (Å²) in [7, 11) is 0. The van der Waals surface area contributed by atoms with Gasteiger partial charge in [0, 0.05) is 13.1 Å². The Labute approximate surface area is 128 Å². The van der Waals surface area contributed by atoms with Crippen molar-refractivity contribution in [1.82, 2.24) is 10.2 Å². The Bertz CT molecular complexity index is 359. The van der Waals surface area contributed by atoms with Crippen LogP contribution in [-0.4, -0.2) is 40.6 Å². The van der Waals surface area contributed by atoms with E-state index in [-0.39, 0.29) is 6.03 Å². The number of nitrogens with zero attached hydrogens (tertiary/aromatic N) is 1. The van der Waals surface area contributed by atoms with E-state index in [1.807, 2.05) is 6.92 Å². The summed E-state index contributed by atoms with van der Waals surface area (Å²) in [6.07, 6.45) is 6.78. The van der Waals surface area contributed by atoms with Gasteiger partial charge >= 0.3 is 12.0 Å². The maximum atomic E-state index is 12.4. The molecule has 0 aliphatic carbocycles. The van der Waals surface area contributed by atoms with E-state index in [1.54, 1.807) is 11.8 Å². The van der Waals surface area contributed by atoms with Crippen LogP contribution in [0.1, 0.15) is 65.7 Å². The molecule has 1 heterocycles. The van der Waals surface area contributed by atoms with Crippen molar-refractivity contribution >= 4 is 12.0 Å². The summed E-state index contributed by atoms with van der Waals surface area (Å²) < 4.78 is 0. The molecule has 2 atom stereocenters. The van der Waals surface area contributed by atoms with Gasteiger partial charge < -0.3 is 15.3 Å². The van der Waals surface area contributed by atoms with Crippen LogP contribution in [0.25, 0.3) is 0 Å². The molecule has 0 aromatic rings. The van der Waals surface area contributed by atoms with Gasteiger partial charge in [-0.3, -0.25) is 0 Å². The molecule has 1 fully saturated rings. The molecule has 2 unspecified atom stereocenters. The predicted octanol–water partition coefficient (Wildman–Crippen LogP) is 3.24. The Morgan fingerprint density at radius 3 is 2.52 bits per heavy atom. The van der Waals surface area contributed by atoms with Crippen LogP contribution in [0.5, 0.6) is 0 Å². The third kappa shape index (κ3) is 5.21. The van der Waals surface area contributed by atoms with E-state index in [0.717, 1.165) is 32.4 Å². The zero-order chi connectivity index (χ0) is 15.9. The lowest BCUT2D eigenvalue weighted by molar-refractivity contribution is -0.144. The third-order valence-corrected chi connectivity index (χ3v) is 4.44. The molecule has 0 aromatic heterocycles. The molecule has 1 aliphatic rings. The first kappa shape index (κ1) is 17.8. The quantitative estimate of drug-likeness (QED) is 0.791. The highest BCUT2D eigenvalue weighted by Gasteiger charge is 2.35. The number of carboxylic acid groups (broad SMARTS) is 1. The van der Waals surface area contributed by atoms with E-state index in [0.29, 0.717) is 12.3 Å². The van der Waals surface area contributed by atoms with E-state index >= 15 is 0 Å². The molecule has 1 rings (SSSR count). The van der Waals surface area contributed by atoms with E-state index in [4.69, 9.17) is 0 Å². The number of carbonyl (C=O) groups is 2. The van der Waals surface area contributed by atoms with Crippen LogP contribution >= 0.6 is 0 Å². The monoisotopic (exact) mass is 298 g/mol. The Balaban J connectivity index is 2.60. The van der Waals surface area contributed by atoms with Gasteiger partial charge in [0.25, 0.3) is 0 Å². The summed E-state index contributed by atoms with van der Waals surface area (Å²) in [5, 5.41) is 12.1. The van der Waals surface area contributed by atoms with Crippen LogP contribution < -0.4 is 5.32 Å². The van der Waals surface area contributed by atoms with Crippen molar-refractivity contribution in [2.45, 2.75) is 71.3 Å². The number of urea groups is 1. The number of carbonyl (C=O) groups excluding carboxylic acids is 1. The summed E-state index contributed by atoms with van der Waals surface area (Å²) in [5.74, 6) is -0.259. The minimum atomic E-state index is -1.17. The fraction of sp³-hybridized carbons (Fsp3) is 0.875. The molecule has 0 aromatic carbocycles. The van der Waals surface area contributed by atoms with Crippen molar-refractivity contribution in [2.75, 3.05) is 13.1 Å². The third-order valence-electron chi connectivity index (χ3n) is 4.44. The van der Waals surface area contributed by atoms with Crippen molar-refractivity contribution in [3.8, 4) is 0 Å². The van der Waals surface area contributed by atoms with Gasteiger partial charge in [-0.1, -0.05) is 33.1 Å². The van der Waals surface area contributed by atoms with Gasteiger partial charge in [-0.25, -0.2) is 9.59 Å². The van der Waals surface area contributed by atoms with Crippen LogP contribution in [0.15, 0.2) is 0 Å². The lowest BCUT2D eigenvalue weighted by atomic mass is 9.96. The fourth-order valence-corrected chi connectivity index (χ4v) is 3.10. The van der Waals surface area contributed by atoms with Crippen molar-refractivity contribution < 1.29 is 14.7 Å². The van der Waals surface area contributed by atoms with Crippen LogP contribution in [-0.2, 0) is 4.79 Å². The van der Waals surface area contributed by atoms with Gasteiger partial charge in [0.15, 0.2) is 0 Å². The average molecular weight is 298 g/mol. The molecule has 21 heavy (non-hydrogen) atoms. The molecule has 1 aliphatic heterocycles. The molecule has 2 amide bonds. The van der Waals surface area contributed by atoms with Crippen LogP contribution in [0.2, 0.25) is 0 Å². The smallest absolute Gasteiger partial charge is 0.329 e. The van der Waals surface area contributed by atoms with Gasteiger partial charge in [0.05, 0.1) is 0 Å². The Hall–Kier alpha value is -1.26. The summed E-state index contributed by atoms with van der Waals surface area (Å²) in [6.45, 7) is 7.17. The Morgan fingerprint density at radius 1 is 1.24 bits per heavy atom. The SMILES string of the molecule is CCCC1CCCN(C(=O)NC(C)(CCC)C(=O)O)CC1. The highest BCUT2D eigenvalue weighted by Crippen LogP contribution is 2.22. The van der Waals surface area contributed by atoms with Crippen molar-refractivity contribution in [1.29, 1.82) is 0 Å². The minimum absolute atomic E-state index is 0.231. The van der Waals surface area contributed by atoms with Gasteiger partial charge in [0.2, 0.25) is 0 Å². The lowest BCUT2D eigenvalue weighted by Gasteiger charge is -2.30. The summed E-state index contributed by atoms with van der Waals surface area (Å²) in [6, 6.07) is -0.231. The second-order valence-electron chi connectivity index (χ2n) is 6.39. The second kappa shape index (κ2) is 8.25. The van der Waals surface area contributed by atoms with E-state index < -0.39 is 11.5 Å². The number of amides is 2. The van der Waals surface area contributed by atoms with Crippen LogP contribution in [0, 0.1) is 5.92 Å². The zero-order valence-electron chi connectivity index (χ0n) is 13.7. The highest BCUT2D eigenvalue weighted by atomic mass is 16.4. The molecule has 0 saturated carbocycles. The number of nitrogens with one attached hydrogen (secondary N) is 1. The molecule has 0 bridgehead atoms. The normalized spacial score (nSPS) is 22.2. The van der Waals surface area contributed by atoms with Gasteiger partial charge in [-0.05, 0) is 38.5 Å². The molecule has 122 valence electrons. The van der Waals surface area contributed by atoms with E-state index in [9.17, 15) is 14.7 Å². The maximum absolute atomic E-state index is 12.4. The molecule has 2 N–H and O–H groups in total.